The fraction of sp³-hybridized carbons (Fsp3) is 0.857. The number of carbonyl (C=O) groups excluding carboxylic acids is 2. The standard InChI is InChI=1S/C14H24N2O3/c1-3-19-14(18)11-5-4-6-16(9-11)13(17)12-8-15-7-10(12)2/h10-12,15H,3-9H2,1-2H3. The zero-order chi connectivity index (χ0) is 13.8. The van der Waals surface area contributed by atoms with Gasteiger partial charge in [0.15, 0.2) is 0 Å². The number of rotatable bonds is 3. The molecule has 5 heteroatoms. The van der Waals surface area contributed by atoms with Crippen molar-refractivity contribution in [3.05, 3.63) is 0 Å². The number of nitrogens with one attached hydrogen (secondary N) is 1. The van der Waals surface area contributed by atoms with Crippen molar-refractivity contribution in [2.45, 2.75) is 26.7 Å². The molecule has 0 aromatic rings. The van der Waals surface area contributed by atoms with Crippen LogP contribution in [0.3, 0.4) is 0 Å². The first-order valence-electron chi connectivity index (χ1n) is 7.29. The van der Waals surface area contributed by atoms with E-state index in [4.69, 9.17) is 4.74 Å². The van der Waals surface area contributed by atoms with Gasteiger partial charge in [-0.1, -0.05) is 6.92 Å². The number of esters is 1. The molecule has 108 valence electrons. The minimum atomic E-state index is -0.155. The van der Waals surface area contributed by atoms with Crippen molar-refractivity contribution in [3.8, 4) is 0 Å². The van der Waals surface area contributed by atoms with E-state index in [1.54, 1.807) is 0 Å². The van der Waals surface area contributed by atoms with Crippen LogP contribution in [-0.2, 0) is 14.3 Å². The minimum Gasteiger partial charge on any atom is -0.466 e. The molecule has 2 aliphatic rings. The van der Waals surface area contributed by atoms with Crippen molar-refractivity contribution >= 4 is 11.9 Å². The molecule has 19 heavy (non-hydrogen) atoms. The molecule has 5 nitrogen and oxygen atoms in total. The van der Waals surface area contributed by atoms with Gasteiger partial charge in [0.2, 0.25) is 5.91 Å². The molecule has 2 fully saturated rings. The van der Waals surface area contributed by atoms with Crippen molar-refractivity contribution in [2.24, 2.45) is 17.8 Å². The molecule has 3 unspecified atom stereocenters. The first-order valence-corrected chi connectivity index (χ1v) is 7.29. The van der Waals surface area contributed by atoms with E-state index in [2.05, 4.69) is 12.2 Å². The molecule has 1 amide bonds. The Labute approximate surface area is 114 Å². The number of hydrogen-bond acceptors (Lipinski definition) is 4. The van der Waals surface area contributed by atoms with Gasteiger partial charge in [-0.25, -0.2) is 0 Å². The summed E-state index contributed by atoms with van der Waals surface area (Å²) in [5, 5.41) is 3.26. The topological polar surface area (TPSA) is 58.6 Å². The Bertz CT molecular complexity index is 346. The van der Waals surface area contributed by atoms with E-state index in [9.17, 15) is 9.59 Å². The molecular weight excluding hydrogens is 244 g/mol. The van der Waals surface area contributed by atoms with Crippen LogP contribution >= 0.6 is 0 Å². The average Bonchev–Trinajstić information content (AvgIpc) is 2.84. The number of carbonyl (C=O) groups is 2. The van der Waals surface area contributed by atoms with Crippen LogP contribution in [0, 0.1) is 17.8 Å². The smallest absolute Gasteiger partial charge is 0.310 e. The molecule has 3 atom stereocenters. The molecule has 1 N–H and O–H groups in total. The molecule has 0 aromatic heterocycles. The first-order chi connectivity index (χ1) is 9.13. The molecule has 2 saturated heterocycles. The second-order valence-electron chi connectivity index (χ2n) is 5.62. The Hall–Kier alpha value is -1.10. The molecule has 0 saturated carbocycles. The van der Waals surface area contributed by atoms with Gasteiger partial charge < -0.3 is 15.0 Å². The zero-order valence-electron chi connectivity index (χ0n) is 11.9. The van der Waals surface area contributed by atoms with Gasteiger partial charge in [-0.3, -0.25) is 9.59 Å². The predicted molar refractivity (Wildman–Crippen MR) is 71.5 cm³/mol. The molecule has 0 bridgehead atoms. The van der Waals surface area contributed by atoms with Gasteiger partial charge in [0.25, 0.3) is 0 Å². The molecule has 2 rings (SSSR count). The molecule has 0 aliphatic carbocycles. The number of amides is 1. The van der Waals surface area contributed by atoms with Gasteiger partial charge in [0.1, 0.15) is 0 Å². The van der Waals surface area contributed by atoms with E-state index in [1.165, 1.54) is 0 Å². The van der Waals surface area contributed by atoms with Crippen molar-refractivity contribution in [1.29, 1.82) is 0 Å². The normalized spacial score (nSPS) is 31.3. The molecular formula is C14H24N2O3. The summed E-state index contributed by atoms with van der Waals surface area (Å²) < 4.78 is 5.07. The second-order valence-corrected chi connectivity index (χ2v) is 5.62. The third kappa shape index (κ3) is 3.26. The van der Waals surface area contributed by atoms with Crippen LogP contribution in [0.2, 0.25) is 0 Å². The molecule has 0 radical (unpaired) electrons. The highest BCUT2D eigenvalue weighted by Gasteiger charge is 2.36. The zero-order valence-corrected chi connectivity index (χ0v) is 11.9. The fourth-order valence-corrected chi connectivity index (χ4v) is 3.00. The predicted octanol–water partition coefficient (Wildman–Crippen LogP) is 0.644. The summed E-state index contributed by atoms with van der Waals surface area (Å²) in [6.45, 7) is 7.31. The Morgan fingerprint density at radius 3 is 2.79 bits per heavy atom. The highest BCUT2D eigenvalue weighted by molar-refractivity contribution is 5.81. The Kier molecular flexibility index (Phi) is 4.80. The number of ether oxygens (including phenoxy) is 1. The SMILES string of the molecule is CCOC(=O)C1CCCN(C(=O)C2CNCC2C)C1. The summed E-state index contributed by atoms with van der Waals surface area (Å²) in [6.07, 6.45) is 1.73. The third-order valence-corrected chi connectivity index (χ3v) is 4.19. The van der Waals surface area contributed by atoms with Crippen molar-refractivity contribution < 1.29 is 14.3 Å². The lowest BCUT2D eigenvalue weighted by molar-refractivity contribution is -0.152. The lowest BCUT2D eigenvalue weighted by atomic mass is 9.93. The van der Waals surface area contributed by atoms with Crippen molar-refractivity contribution in [2.75, 3.05) is 32.8 Å². The molecule has 0 spiro atoms. The van der Waals surface area contributed by atoms with Gasteiger partial charge in [-0.05, 0) is 32.2 Å². The van der Waals surface area contributed by atoms with Crippen LogP contribution < -0.4 is 5.32 Å². The van der Waals surface area contributed by atoms with E-state index in [-0.39, 0.29) is 23.7 Å². The van der Waals surface area contributed by atoms with E-state index >= 15 is 0 Å². The van der Waals surface area contributed by atoms with Gasteiger partial charge in [-0.15, -0.1) is 0 Å². The largest absolute Gasteiger partial charge is 0.466 e. The highest BCUT2D eigenvalue weighted by Crippen LogP contribution is 2.23. The van der Waals surface area contributed by atoms with Crippen LogP contribution in [0.4, 0.5) is 0 Å². The number of piperidine rings is 1. The number of likely N-dealkylation sites (tertiary alicyclic amines) is 1. The van der Waals surface area contributed by atoms with Crippen LogP contribution in [0.25, 0.3) is 0 Å². The second kappa shape index (κ2) is 6.37. The van der Waals surface area contributed by atoms with Gasteiger partial charge in [0, 0.05) is 19.6 Å². The van der Waals surface area contributed by atoms with Gasteiger partial charge >= 0.3 is 5.97 Å². The van der Waals surface area contributed by atoms with E-state index in [1.807, 2.05) is 11.8 Å². The summed E-state index contributed by atoms with van der Waals surface area (Å²) >= 11 is 0. The van der Waals surface area contributed by atoms with Gasteiger partial charge in [-0.2, -0.15) is 0 Å². The first kappa shape index (κ1) is 14.3. The lowest BCUT2D eigenvalue weighted by Crippen LogP contribution is -2.46. The van der Waals surface area contributed by atoms with Gasteiger partial charge in [0.05, 0.1) is 18.4 Å². The van der Waals surface area contributed by atoms with E-state index < -0.39 is 0 Å². The maximum absolute atomic E-state index is 12.5. The van der Waals surface area contributed by atoms with Crippen LogP contribution in [0.15, 0.2) is 0 Å². The lowest BCUT2D eigenvalue weighted by Gasteiger charge is -2.33. The molecule has 2 heterocycles. The maximum Gasteiger partial charge on any atom is 0.310 e. The Morgan fingerprint density at radius 2 is 2.16 bits per heavy atom. The van der Waals surface area contributed by atoms with Crippen molar-refractivity contribution in [3.63, 3.8) is 0 Å². The average molecular weight is 268 g/mol. The number of nitrogens with zero attached hydrogens (tertiary/aromatic N) is 1. The summed E-state index contributed by atoms with van der Waals surface area (Å²) in [7, 11) is 0. The monoisotopic (exact) mass is 268 g/mol. The van der Waals surface area contributed by atoms with Crippen LogP contribution in [0.1, 0.15) is 26.7 Å². The molecule has 2 aliphatic heterocycles. The fourth-order valence-electron chi connectivity index (χ4n) is 3.00. The van der Waals surface area contributed by atoms with Crippen LogP contribution in [0.5, 0.6) is 0 Å². The third-order valence-electron chi connectivity index (χ3n) is 4.19. The summed E-state index contributed by atoms with van der Waals surface area (Å²) in [4.78, 5) is 26.1. The van der Waals surface area contributed by atoms with Crippen molar-refractivity contribution in [1.82, 2.24) is 10.2 Å². The summed E-state index contributed by atoms with van der Waals surface area (Å²) in [6, 6.07) is 0. The Balaban J connectivity index is 1.93. The maximum atomic E-state index is 12.5. The highest BCUT2D eigenvalue weighted by atomic mass is 16.5. The van der Waals surface area contributed by atoms with E-state index in [0.29, 0.717) is 19.1 Å². The summed E-state index contributed by atoms with van der Waals surface area (Å²) in [5.74, 6) is 0.364. The number of hydrogen-bond donors (Lipinski definition) is 1. The Morgan fingerprint density at radius 1 is 1.37 bits per heavy atom. The minimum absolute atomic E-state index is 0.0703. The quantitative estimate of drug-likeness (QED) is 0.763. The van der Waals surface area contributed by atoms with Crippen LogP contribution in [-0.4, -0.2) is 49.6 Å². The molecule has 0 aromatic carbocycles. The van der Waals surface area contributed by atoms with E-state index in [0.717, 1.165) is 32.5 Å². The summed E-state index contributed by atoms with van der Waals surface area (Å²) in [5.41, 5.74) is 0.